The van der Waals surface area contributed by atoms with Crippen LogP contribution >= 0.6 is 17.0 Å². The normalized spacial score (nSPS) is 17.7. The Labute approximate surface area is 164 Å². The first-order valence-corrected chi connectivity index (χ1v) is 9.68. The number of carbonyl (C=O) groups excluding carboxylic acids is 1. The first-order valence-electron chi connectivity index (χ1n) is 9.68. The van der Waals surface area contributed by atoms with Gasteiger partial charge in [0, 0.05) is 11.9 Å². The highest BCUT2D eigenvalue weighted by molar-refractivity contribution is 8.93. The molecule has 0 aromatic heterocycles. The number of hydrogen-bond acceptors (Lipinski definition) is 4. The van der Waals surface area contributed by atoms with Crippen molar-refractivity contribution in [3.63, 3.8) is 0 Å². The molecular formula is C19H40BrNO4. The number of nitrogens with zero attached hydrogens (tertiary/aromatic N) is 1. The lowest BCUT2D eigenvalue weighted by molar-refractivity contribution is -0.906. The first-order chi connectivity index (χ1) is 11.3. The Morgan fingerprint density at radius 3 is 2.00 bits per heavy atom. The minimum absolute atomic E-state index is 0. The standard InChI is InChI=1S/C12H22O3.C7H18NO.BrH/c1-2-6-10(13)11(12(14)15)9-7-4-3-5-8-9;1-4-8(3,5-2)6-7-9;/h9-11,13H,2-8H2,1H3,(H,14,15);9H,4-7H2,1-3H3;1H/q;+1;/p-1. The molecule has 0 aliphatic heterocycles. The van der Waals surface area contributed by atoms with Crippen LogP contribution in [0.15, 0.2) is 0 Å². The Balaban J connectivity index is 0. The van der Waals surface area contributed by atoms with Gasteiger partial charge in [-0.15, -0.1) is 17.0 Å². The SMILES string of the molecule is Br.CCCC(O)C(C(=O)[O-])C1CCCCC1.CC[N+](C)(CC)CCO. The fourth-order valence-corrected chi connectivity index (χ4v) is 3.41. The molecule has 0 spiro atoms. The summed E-state index contributed by atoms with van der Waals surface area (Å²) in [5.74, 6) is -1.58. The van der Waals surface area contributed by atoms with Gasteiger partial charge < -0.3 is 24.6 Å². The number of rotatable bonds is 9. The van der Waals surface area contributed by atoms with E-state index >= 15 is 0 Å². The zero-order valence-corrected chi connectivity index (χ0v) is 18.3. The van der Waals surface area contributed by atoms with Crippen molar-refractivity contribution in [3.05, 3.63) is 0 Å². The Hall–Kier alpha value is -0.170. The predicted molar refractivity (Wildman–Crippen MR) is 106 cm³/mol. The van der Waals surface area contributed by atoms with Crippen LogP contribution in [0.4, 0.5) is 0 Å². The number of quaternary nitrogens is 1. The summed E-state index contributed by atoms with van der Waals surface area (Å²) in [5.41, 5.74) is 0. The summed E-state index contributed by atoms with van der Waals surface area (Å²) >= 11 is 0. The molecule has 1 rings (SSSR count). The van der Waals surface area contributed by atoms with Crippen LogP contribution in [0.2, 0.25) is 0 Å². The maximum atomic E-state index is 11.0. The molecule has 2 N–H and O–H groups in total. The third-order valence-electron chi connectivity index (χ3n) is 5.60. The first kappa shape index (κ1) is 27.1. The van der Waals surface area contributed by atoms with Gasteiger partial charge in [-0.3, -0.25) is 0 Å². The van der Waals surface area contributed by atoms with Gasteiger partial charge in [-0.1, -0.05) is 32.6 Å². The molecule has 0 bridgehead atoms. The van der Waals surface area contributed by atoms with E-state index in [2.05, 4.69) is 20.9 Å². The lowest BCUT2D eigenvalue weighted by atomic mass is 9.76. The molecule has 1 fully saturated rings. The molecule has 0 saturated heterocycles. The smallest absolute Gasteiger partial charge is 0.102 e. The number of carboxylic acid groups (broad SMARTS) is 1. The second-order valence-corrected chi connectivity index (χ2v) is 7.30. The molecule has 6 heteroatoms. The van der Waals surface area contributed by atoms with Crippen LogP contribution < -0.4 is 5.11 Å². The molecule has 0 aromatic carbocycles. The average Bonchev–Trinajstić information content (AvgIpc) is 2.56. The minimum Gasteiger partial charge on any atom is -0.550 e. The van der Waals surface area contributed by atoms with E-state index in [-0.39, 0.29) is 22.9 Å². The van der Waals surface area contributed by atoms with E-state index in [1.165, 1.54) is 6.42 Å². The number of aliphatic carboxylic acids is 1. The zero-order valence-electron chi connectivity index (χ0n) is 16.6. The number of likely N-dealkylation sites (N-methyl/N-ethyl adjacent to an activating group) is 1. The van der Waals surface area contributed by atoms with Crippen LogP contribution in [-0.4, -0.2) is 60.1 Å². The second-order valence-electron chi connectivity index (χ2n) is 7.30. The minimum atomic E-state index is -1.07. The topological polar surface area (TPSA) is 80.6 Å². The van der Waals surface area contributed by atoms with Crippen molar-refractivity contribution in [2.75, 3.05) is 33.3 Å². The van der Waals surface area contributed by atoms with Gasteiger partial charge in [-0.2, -0.15) is 0 Å². The van der Waals surface area contributed by atoms with Gasteiger partial charge in [0.2, 0.25) is 0 Å². The van der Waals surface area contributed by atoms with E-state index in [0.29, 0.717) is 13.0 Å². The monoisotopic (exact) mass is 425 g/mol. The Kier molecular flexibility index (Phi) is 16.2. The third-order valence-corrected chi connectivity index (χ3v) is 5.60. The van der Waals surface area contributed by atoms with E-state index in [0.717, 1.165) is 56.2 Å². The van der Waals surface area contributed by atoms with Gasteiger partial charge in [-0.05, 0) is 39.0 Å². The highest BCUT2D eigenvalue weighted by atomic mass is 79.9. The lowest BCUT2D eigenvalue weighted by Crippen LogP contribution is -2.45. The van der Waals surface area contributed by atoms with Gasteiger partial charge in [0.15, 0.2) is 0 Å². The van der Waals surface area contributed by atoms with Gasteiger partial charge in [0.1, 0.15) is 6.54 Å². The summed E-state index contributed by atoms with van der Waals surface area (Å²) in [6.45, 7) is 9.66. The molecule has 0 heterocycles. The predicted octanol–water partition coefficient (Wildman–Crippen LogP) is 2.14. The number of aliphatic hydroxyl groups excluding tert-OH is 2. The molecule has 152 valence electrons. The maximum Gasteiger partial charge on any atom is 0.102 e. The van der Waals surface area contributed by atoms with Crippen LogP contribution in [0.5, 0.6) is 0 Å². The Morgan fingerprint density at radius 2 is 1.68 bits per heavy atom. The van der Waals surface area contributed by atoms with Gasteiger partial charge in [0.05, 0.1) is 32.8 Å². The van der Waals surface area contributed by atoms with Gasteiger partial charge in [0.25, 0.3) is 0 Å². The van der Waals surface area contributed by atoms with E-state index in [4.69, 9.17) is 5.11 Å². The number of carbonyl (C=O) groups is 1. The molecule has 1 aliphatic carbocycles. The van der Waals surface area contributed by atoms with Gasteiger partial charge >= 0.3 is 0 Å². The summed E-state index contributed by atoms with van der Waals surface area (Å²) in [4.78, 5) is 11.0. The summed E-state index contributed by atoms with van der Waals surface area (Å²) in [6.07, 6.45) is 5.90. The van der Waals surface area contributed by atoms with Crippen LogP contribution in [0, 0.1) is 11.8 Å². The van der Waals surface area contributed by atoms with Crippen molar-refractivity contribution in [1.29, 1.82) is 0 Å². The molecule has 0 aromatic rings. The Morgan fingerprint density at radius 1 is 1.16 bits per heavy atom. The molecule has 5 nitrogen and oxygen atoms in total. The second kappa shape index (κ2) is 14.9. The van der Waals surface area contributed by atoms with Crippen molar-refractivity contribution in [1.82, 2.24) is 0 Å². The average molecular weight is 426 g/mol. The van der Waals surface area contributed by atoms with Crippen molar-refractivity contribution < 1.29 is 24.6 Å². The van der Waals surface area contributed by atoms with Crippen molar-refractivity contribution in [2.45, 2.75) is 71.8 Å². The molecule has 1 aliphatic rings. The summed E-state index contributed by atoms with van der Waals surface area (Å²) in [5, 5.41) is 29.5. The summed E-state index contributed by atoms with van der Waals surface area (Å²) in [6, 6.07) is 0. The van der Waals surface area contributed by atoms with E-state index in [1.807, 2.05) is 6.92 Å². The molecular weight excluding hydrogens is 386 g/mol. The quantitative estimate of drug-likeness (QED) is 0.554. The highest BCUT2D eigenvalue weighted by Crippen LogP contribution is 2.32. The van der Waals surface area contributed by atoms with Crippen LogP contribution in [0.3, 0.4) is 0 Å². The fraction of sp³-hybridized carbons (Fsp3) is 0.947. The van der Waals surface area contributed by atoms with Gasteiger partial charge in [-0.25, -0.2) is 0 Å². The highest BCUT2D eigenvalue weighted by Gasteiger charge is 2.29. The molecule has 2 unspecified atom stereocenters. The van der Waals surface area contributed by atoms with E-state index < -0.39 is 18.0 Å². The van der Waals surface area contributed by atoms with E-state index in [1.54, 1.807) is 0 Å². The number of aliphatic hydroxyl groups is 2. The van der Waals surface area contributed by atoms with E-state index in [9.17, 15) is 15.0 Å². The molecule has 2 atom stereocenters. The Bertz CT molecular complexity index is 331. The van der Waals surface area contributed by atoms with Crippen molar-refractivity contribution in [2.24, 2.45) is 11.8 Å². The maximum absolute atomic E-state index is 11.0. The zero-order chi connectivity index (χ0) is 18.6. The molecule has 0 radical (unpaired) electrons. The van der Waals surface area contributed by atoms with Crippen LogP contribution in [-0.2, 0) is 4.79 Å². The lowest BCUT2D eigenvalue weighted by Gasteiger charge is -2.34. The summed E-state index contributed by atoms with van der Waals surface area (Å²) in [7, 11) is 2.16. The number of hydrogen-bond donors (Lipinski definition) is 2. The van der Waals surface area contributed by atoms with Crippen LogP contribution in [0.1, 0.15) is 65.7 Å². The third kappa shape index (κ3) is 10.5. The molecule has 0 amide bonds. The molecule has 25 heavy (non-hydrogen) atoms. The molecule has 1 saturated carbocycles. The van der Waals surface area contributed by atoms with Crippen molar-refractivity contribution in [3.8, 4) is 0 Å². The largest absolute Gasteiger partial charge is 0.550 e. The number of halogens is 1. The summed E-state index contributed by atoms with van der Waals surface area (Å²) < 4.78 is 0.983. The fourth-order valence-electron chi connectivity index (χ4n) is 3.41. The number of carboxylic acids is 1. The van der Waals surface area contributed by atoms with Crippen LogP contribution in [0.25, 0.3) is 0 Å². The van der Waals surface area contributed by atoms with Crippen molar-refractivity contribution >= 4 is 23.0 Å².